The van der Waals surface area contributed by atoms with Gasteiger partial charge in [0.15, 0.2) is 0 Å². The van der Waals surface area contributed by atoms with Crippen LogP contribution in [-0.4, -0.2) is 23.2 Å². The van der Waals surface area contributed by atoms with Gasteiger partial charge in [0.1, 0.15) is 0 Å². The van der Waals surface area contributed by atoms with E-state index in [0.29, 0.717) is 12.6 Å². The van der Waals surface area contributed by atoms with E-state index in [-0.39, 0.29) is 5.91 Å². The number of anilines is 1. The maximum atomic E-state index is 11.9. The van der Waals surface area contributed by atoms with Gasteiger partial charge in [-0.25, -0.2) is 0 Å². The normalized spacial score (nSPS) is 15.4. The lowest BCUT2D eigenvalue weighted by Gasteiger charge is -2.22. The Labute approximate surface area is 144 Å². The number of rotatable bonds is 5. The number of halogens is 1. The number of amides is 1. The molecular formula is C16H25ClN2O5. The van der Waals surface area contributed by atoms with Crippen LogP contribution in [0.5, 0.6) is 0 Å². The average molecular weight is 361 g/mol. The number of para-hydroxylation sites is 1. The molecule has 0 aliphatic heterocycles. The molecule has 8 heteroatoms. The topological polar surface area (TPSA) is 131 Å². The largest absolute Gasteiger partial charge is 0.325 e. The Morgan fingerprint density at radius 1 is 1.21 bits per heavy atom. The van der Waals surface area contributed by atoms with E-state index in [1.54, 1.807) is 0 Å². The Kier molecular flexibility index (Phi) is 9.20. The van der Waals surface area contributed by atoms with E-state index in [4.69, 9.17) is 18.6 Å². The Balaban J connectivity index is 0.000000505. The molecule has 1 aromatic carbocycles. The van der Waals surface area contributed by atoms with Crippen molar-refractivity contribution in [2.24, 2.45) is 0 Å². The molecule has 1 fully saturated rings. The number of carbonyl (C=O) groups is 1. The highest BCUT2D eigenvalue weighted by atomic mass is 35.7. The van der Waals surface area contributed by atoms with Gasteiger partial charge in [0, 0.05) is 11.7 Å². The van der Waals surface area contributed by atoms with E-state index < -0.39 is 10.2 Å². The molecule has 1 amide bonds. The van der Waals surface area contributed by atoms with Gasteiger partial charge >= 0.3 is 0 Å². The van der Waals surface area contributed by atoms with E-state index in [2.05, 4.69) is 23.6 Å². The lowest BCUT2D eigenvalue weighted by Crippen LogP contribution is -2.58. The molecular weight excluding hydrogens is 336 g/mol. The zero-order valence-corrected chi connectivity index (χ0v) is 14.6. The Morgan fingerprint density at radius 3 is 2.38 bits per heavy atom. The van der Waals surface area contributed by atoms with Crippen molar-refractivity contribution in [3.8, 4) is 0 Å². The van der Waals surface area contributed by atoms with Gasteiger partial charge in [0.05, 0.1) is 21.4 Å². The predicted molar refractivity (Wildman–Crippen MR) is 81.5 cm³/mol. The van der Waals surface area contributed by atoms with E-state index >= 15 is 0 Å². The summed E-state index contributed by atoms with van der Waals surface area (Å²) in [5.74, 6) is 0.0615. The minimum Gasteiger partial charge on any atom is -0.325 e. The van der Waals surface area contributed by atoms with Gasteiger partial charge in [-0.2, -0.15) is 14.0 Å². The molecule has 0 bridgehead atoms. The zero-order chi connectivity index (χ0) is 18.0. The first-order valence-corrected chi connectivity index (χ1v) is 9.30. The van der Waals surface area contributed by atoms with Gasteiger partial charge in [0.25, 0.3) is 0 Å². The molecule has 0 spiro atoms. The standard InChI is InChI=1S/C16H24N2O.ClHO4/c1-2-13-8-6-7-11-15(13)18-16(19)12-17-14-9-4-3-5-10-14;2-1(3,4)5/h6-8,11,14,17H,2-5,9-10,12H2,1H3,(H,18,19);(H,2,3,4,5). The van der Waals surface area contributed by atoms with E-state index in [1.807, 2.05) is 18.2 Å². The van der Waals surface area contributed by atoms with Gasteiger partial charge in [-0.1, -0.05) is 44.4 Å². The molecule has 0 saturated heterocycles. The lowest BCUT2D eigenvalue weighted by molar-refractivity contribution is -1.92. The summed E-state index contributed by atoms with van der Waals surface area (Å²) in [6.07, 6.45) is 7.27. The number of benzene rings is 1. The highest BCUT2D eigenvalue weighted by Gasteiger charge is 2.14. The van der Waals surface area contributed by atoms with Crippen LogP contribution in [-0.2, 0) is 11.2 Å². The van der Waals surface area contributed by atoms with Crippen LogP contribution in [0.4, 0.5) is 5.69 Å². The van der Waals surface area contributed by atoms with Gasteiger partial charge in [-0.15, -0.1) is 0 Å². The van der Waals surface area contributed by atoms with Crippen molar-refractivity contribution >= 4 is 11.6 Å². The van der Waals surface area contributed by atoms with Crippen LogP contribution in [0.15, 0.2) is 24.3 Å². The van der Waals surface area contributed by atoms with Crippen LogP contribution in [0, 0.1) is 10.2 Å². The number of hydrogen-bond donors (Lipinski definition) is 3. The Morgan fingerprint density at radius 2 is 1.79 bits per heavy atom. The van der Waals surface area contributed by atoms with E-state index in [0.717, 1.165) is 12.1 Å². The third kappa shape index (κ3) is 9.82. The fraction of sp³-hybridized carbons (Fsp3) is 0.562. The number of aryl methyl sites for hydroxylation is 1. The van der Waals surface area contributed by atoms with Gasteiger partial charge in [0.2, 0.25) is 5.91 Å². The first-order chi connectivity index (χ1) is 11.3. The average Bonchev–Trinajstić information content (AvgIpc) is 2.53. The highest BCUT2D eigenvalue weighted by molar-refractivity contribution is 5.93. The van der Waals surface area contributed by atoms with Crippen molar-refractivity contribution in [1.29, 1.82) is 0 Å². The molecule has 136 valence electrons. The number of hydrogen-bond acceptors (Lipinski definition) is 6. The van der Waals surface area contributed by atoms with Crippen LogP contribution in [0.3, 0.4) is 0 Å². The summed E-state index contributed by atoms with van der Waals surface area (Å²) in [5.41, 5.74) is 2.13. The molecule has 1 saturated carbocycles. The third-order valence-corrected chi connectivity index (χ3v) is 3.83. The van der Waals surface area contributed by atoms with Crippen LogP contribution in [0.25, 0.3) is 0 Å². The first kappa shape index (κ1) is 20.8. The summed E-state index contributed by atoms with van der Waals surface area (Å²) in [6, 6.07) is 8.53. The third-order valence-electron chi connectivity index (χ3n) is 3.83. The quantitative estimate of drug-likeness (QED) is 0.616. The van der Waals surface area contributed by atoms with Crippen molar-refractivity contribution in [3.63, 3.8) is 0 Å². The molecule has 1 aliphatic carbocycles. The van der Waals surface area contributed by atoms with Crippen LogP contribution in [0.2, 0.25) is 0 Å². The van der Waals surface area contributed by atoms with Crippen molar-refractivity contribution in [2.45, 2.75) is 51.5 Å². The molecule has 1 aliphatic rings. The van der Waals surface area contributed by atoms with Crippen molar-refractivity contribution in [3.05, 3.63) is 29.8 Å². The molecule has 0 atom stereocenters. The maximum absolute atomic E-state index is 11.9. The predicted octanol–water partition coefficient (Wildman–Crippen LogP) is -1.01. The molecule has 0 aromatic heterocycles. The SMILES string of the molecule is CCc1ccccc1NC(=O)CNC1CCCCC1.[O-][Cl+3]([O-])([O-])O. The van der Waals surface area contributed by atoms with Gasteiger partial charge in [-0.3, -0.25) is 4.79 Å². The van der Waals surface area contributed by atoms with Gasteiger partial charge < -0.3 is 10.6 Å². The molecule has 0 radical (unpaired) electrons. The molecule has 0 heterocycles. The monoisotopic (exact) mass is 360 g/mol. The summed E-state index contributed by atoms with van der Waals surface area (Å²) in [6.45, 7) is 2.52. The van der Waals surface area contributed by atoms with Crippen molar-refractivity contribution < 1.29 is 33.7 Å². The zero-order valence-electron chi connectivity index (χ0n) is 13.8. The highest BCUT2D eigenvalue weighted by Crippen LogP contribution is 2.17. The minimum absolute atomic E-state index is 0.0615. The molecule has 7 nitrogen and oxygen atoms in total. The van der Waals surface area contributed by atoms with Crippen LogP contribution in [0.1, 0.15) is 44.6 Å². The van der Waals surface area contributed by atoms with Crippen LogP contribution >= 0.6 is 0 Å². The fourth-order valence-corrected chi connectivity index (χ4v) is 2.69. The summed E-state index contributed by atoms with van der Waals surface area (Å²) in [7, 11) is -4.69. The Hall–Kier alpha value is -1.22. The number of carbonyl (C=O) groups excluding carboxylic acids is 1. The molecule has 1 aromatic rings. The lowest BCUT2D eigenvalue weighted by atomic mass is 9.95. The summed E-state index contributed by atoms with van der Waals surface area (Å²) in [4.78, 5) is 11.9. The molecule has 24 heavy (non-hydrogen) atoms. The first-order valence-electron chi connectivity index (χ1n) is 8.04. The smallest absolute Gasteiger partial charge is 0.238 e. The second kappa shape index (κ2) is 10.6. The molecule has 0 unspecified atom stereocenters. The Bertz CT molecular complexity index is 495. The second-order valence-electron chi connectivity index (χ2n) is 5.67. The van der Waals surface area contributed by atoms with Crippen molar-refractivity contribution in [2.75, 3.05) is 11.9 Å². The maximum Gasteiger partial charge on any atom is 0.238 e. The molecule has 2 rings (SSSR count). The summed E-state index contributed by atoms with van der Waals surface area (Å²) >= 11 is 0. The van der Waals surface area contributed by atoms with E-state index in [9.17, 15) is 4.79 Å². The molecule has 3 N–H and O–H groups in total. The van der Waals surface area contributed by atoms with Gasteiger partial charge in [-0.05, 0) is 30.9 Å². The second-order valence-corrected chi connectivity index (χ2v) is 6.46. The number of nitrogens with one attached hydrogen (secondary N) is 2. The summed E-state index contributed by atoms with van der Waals surface area (Å²) < 4.78 is 32.7. The summed E-state index contributed by atoms with van der Waals surface area (Å²) in [5, 5.41) is 6.37. The van der Waals surface area contributed by atoms with Crippen molar-refractivity contribution in [1.82, 2.24) is 5.32 Å². The van der Waals surface area contributed by atoms with E-state index in [1.165, 1.54) is 37.7 Å². The fourth-order valence-electron chi connectivity index (χ4n) is 2.69. The minimum atomic E-state index is -4.69. The van der Waals surface area contributed by atoms with Crippen LogP contribution < -0.4 is 24.6 Å².